The molecule has 1 amide bonds. The summed E-state index contributed by atoms with van der Waals surface area (Å²) in [6.07, 6.45) is 2.73. The molecule has 0 atom stereocenters. The molecule has 128 valence electrons. The monoisotopic (exact) mass is 335 g/mol. The Balaban J connectivity index is 1.61. The van der Waals surface area contributed by atoms with Gasteiger partial charge in [-0.1, -0.05) is 24.3 Å². The van der Waals surface area contributed by atoms with Crippen molar-refractivity contribution in [1.29, 1.82) is 0 Å². The zero-order chi connectivity index (χ0) is 17.6. The topological polar surface area (TPSA) is 59.2 Å². The minimum absolute atomic E-state index is 0.0203. The van der Waals surface area contributed by atoms with E-state index < -0.39 is 0 Å². The number of aryl methyl sites for hydroxylation is 1. The number of benzene rings is 1. The van der Waals surface area contributed by atoms with Crippen molar-refractivity contribution in [3.05, 3.63) is 71.9 Å². The van der Waals surface area contributed by atoms with E-state index in [0.29, 0.717) is 23.9 Å². The standard InChI is InChI=1S/C20H21N3O2/c1-15-18(22-20(25-15)16-8-4-3-5-9-16)14-19(24)23(2)13-11-17-10-6-7-12-21-17/h3-10,12H,11,13-14H2,1-2H3. The zero-order valence-electron chi connectivity index (χ0n) is 14.5. The minimum Gasteiger partial charge on any atom is -0.441 e. The third kappa shape index (κ3) is 4.32. The van der Waals surface area contributed by atoms with Gasteiger partial charge in [-0.2, -0.15) is 0 Å². The molecule has 0 aliphatic rings. The maximum atomic E-state index is 12.5. The number of hydrogen-bond donors (Lipinski definition) is 0. The highest BCUT2D eigenvalue weighted by atomic mass is 16.4. The first-order valence-electron chi connectivity index (χ1n) is 8.29. The number of amides is 1. The number of likely N-dealkylation sites (N-methyl/N-ethyl adjacent to an activating group) is 1. The number of carbonyl (C=O) groups is 1. The molecule has 3 rings (SSSR count). The third-order valence-electron chi connectivity index (χ3n) is 4.09. The highest BCUT2D eigenvalue weighted by Crippen LogP contribution is 2.21. The molecule has 0 saturated carbocycles. The van der Waals surface area contributed by atoms with Crippen LogP contribution >= 0.6 is 0 Å². The Morgan fingerprint density at radius 3 is 2.60 bits per heavy atom. The predicted molar refractivity (Wildman–Crippen MR) is 96.0 cm³/mol. The molecule has 0 saturated heterocycles. The van der Waals surface area contributed by atoms with Crippen LogP contribution in [0.5, 0.6) is 0 Å². The average Bonchev–Trinajstić information content (AvgIpc) is 3.02. The number of hydrogen-bond acceptors (Lipinski definition) is 4. The summed E-state index contributed by atoms with van der Waals surface area (Å²) in [7, 11) is 1.80. The van der Waals surface area contributed by atoms with Crippen LogP contribution in [0.1, 0.15) is 17.1 Å². The summed E-state index contributed by atoms with van der Waals surface area (Å²) in [5.41, 5.74) is 2.58. The lowest BCUT2D eigenvalue weighted by Gasteiger charge is -2.16. The average molecular weight is 335 g/mol. The molecule has 0 bridgehead atoms. The second-order valence-corrected chi connectivity index (χ2v) is 5.95. The molecule has 2 heterocycles. The van der Waals surface area contributed by atoms with Crippen molar-refractivity contribution in [3.8, 4) is 11.5 Å². The van der Waals surface area contributed by atoms with Gasteiger partial charge in [0.25, 0.3) is 0 Å². The molecule has 5 heteroatoms. The minimum atomic E-state index is 0.0203. The number of pyridine rings is 1. The Hall–Kier alpha value is -2.95. The van der Waals surface area contributed by atoms with Crippen LogP contribution < -0.4 is 0 Å². The SMILES string of the molecule is Cc1oc(-c2ccccc2)nc1CC(=O)N(C)CCc1ccccn1. The highest BCUT2D eigenvalue weighted by Gasteiger charge is 2.17. The van der Waals surface area contributed by atoms with Gasteiger partial charge >= 0.3 is 0 Å². The van der Waals surface area contributed by atoms with Crippen LogP contribution in [0, 0.1) is 6.92 Å². The van der Waals surface area contributed by atoms with Crippen molar-refractivity contribution >= 4 is 5.91 Å². The first-order chi connectivity index (χ1) is 12.1. The fraction of sp³-hybridized carbons (Fsp3) is 0.250. The van der Waals surface area contributed by atoms with Crippen LogP contribution in [0.25, 0.3) is 11.5 Å². The largest absolute Gasteiger partial charge is 0.441 e. The lowest BCUT2D eigenvalue weighted by atomic mass is 10.2. The van der Waals surface area contributed by atoms with Crippen LogP contribution in [0.15, 0.2) is 59.1 Å². The molecule has 0 aliphatic heterocycles. The van der Waals surface area contributed by atoms with Crippen molar-refractivity contribution in [2.24, 2.45) is 0 Å². The number of nitrogens with zero attached hydrogens (tertiary/aromatic N) is 3. The molecule has 5 nitrogen and oxygen atoms in total. The normalized spacial score (nSPS) is 10.6. The van der Waals surface area contributed by atoms with Gasteiger partial charge in [0.2, 0.25) is 11.8 Å². The highest BCUT2D eigenvalue weighted by molar-refractivity contribution is 5.78. The Bertz CT molecular complexity index is 829. The molecule has 25 heavy (non-hydrogen) atoms. The Morgan fingerprint density at radius 2 is 1.88 bits per heavy atom. The first kappa shape index (κ1) is 16.9. The van der Waals surface area contributed by atoms with Crippen molar-refractivity contribution < 1.29 is 9.21 Å². The van der Waals surface area contributed by atoms with E-state index in [4.69, 9.17) is 4.42 Å². The first-order valence-corrected chi connectivity index (χ1v) is 8.29. The smallest absolute Gasteiger partial charge is 0.228 e. The maximum absolute atomic E-state index is 12.5. The van der Waals surface area contributed by atoms with Crippen LogP contribution in [0.3, 0.4) is 0 Å². The molecule has 0 unspecified atom stereocenters. The number of rotatable bonds is 6. The summed E-state index contributed by atoms with van der Waals surface area (Å²) in [4.78, 5) is 22.9. The van der Waals surface area contributed by atoms with Crippen LogP contribution in [-0.4, -0.2) is 34.4 Å². The molecular weight excluding hydrogens is 314 g/mol. The Kier molecular flexibility index (Phi) is 5.23. The van der Waals surface area contributed by atoms with E-state index in [9.17, 15) is 4.79 Å². The van der Waals surface area contributed by atoms with E-state index in [1.54, 1.807) is 18.1 Å². The van der Waals surface area contributed by atoms with Gasteiger partial charge in [0.1, 0.15) is 5.76 Å². The maximum Gasteiger partial charge on any atom is 0.228 e. The van der Waals surface area contributed by atoms with E-state index in [-0.39, 0.29) is 12.3 Å². The second kappa shape index (κ2) is 7.75. The predicted octanol–water partition coefficient (Wildman–Crippen LogP) is 3.29. The molecule has 2 aromatic heterocycles. The van der Waals surface area contributed by atoms with Crippen molar-refractivity contribution in [2.45, 2.75) is 19.8 Å². The van der Waals surface area contributed by atoms with Gasteiger partial charge in [-0.3, -0.25) is 9.78 Å². The number of oxazole rings is 1. The molecule has 1 aromatic carbocycles. The number of aromatic nitrogens is 2. The molecule has 3 aromatic rings. The van der Waals surface area contributed by atoms with Crippen LogP contribution in [0.4, 0.5) is 0 Å². The van der Waals surface area contributed by atoms with Crippen molar-refractivity contribution in [2.75, 3.05) is 13.6 Å². The van der Waals surface area contributed by atoms with Gasteiger partial charge in [-0.25, -0.2) is 4.98 Å². The van der Waals surface area contributed by atoms with E-state index >= 15 is 0 Å². The van der Waals surface area contributed by atoms with Crippen molar-refractivity contribution in [3.63, 3.8) is 0 Å². The molecule has 0 aliphatic carbocycles. The van der Waals surface area contributed by atoms with Gasteiger partial charge in [-0.15, -0.1) is 0 Å². The summed E-state index contributed by atoms with van der Waals surface area (Å²) in [5.74, 6) is 1.26. The summed E-state index contributed by atoms with van der Waals surface area (Å²) >= 11 is 0. The lowest BCUT2D eigenvalue weighted by molar-refractivity contribution is -0.129. The molecule has 0 fully saturated rings. The van der Waals surface area contributed by atoms with Gasteiger partial charge in [0.15, 0.2) is 0 Å². The summed E-state index contributed by atoms with van der Waals surface area (Å²) in [6.45, 7) is 2.47. The fourth-order valence-corrected chi connectivity index (χ4v) is 2.53. The molecule has 0 N–H and O–H groups in total. The van der Waals surface area contributed by atoms with E-state index in [1.165, 1.54) is 0 Å². The second-order valence-electron chi connectivity index (χ2n) is 5.95. The van der Waals surface area contributed by atoms with Gasteiger partial charge in [0.05, 0.1) is 12.1 Å². The fourth-order valence-electron chi connectivity index (χ4n) is 2.53. The lowest BCUT2D eigenvalue weighted by Crippen LogP contribution is -2.30. The molecule has 0 radical (unpaired) electrons. The number of carbonyl (C=O) groups excluding carboxylic acids is 1. The third-order valence-corrected chi connectivity index (χ3v) is 4.09. The molecular formula is C20H21N3O2. The summed E-state index contributed by atoms with van der Waals surface area (Å²) < 4.78 is 5.72. The Morgan fingerprint density at radius 1 is 1.12 bits per heavy atom. The van der Waals surface area contributed by atoms with Gasteiger partial charge in [-0.05, 0) is 31.2 Å². The van der Waals surface area contributed by atoms with E-state index in [1.807, 2.05) is 55.5 Å². The summed E-state index contributed by atoms with van der Waals surface area (Å²) in [6, 6.07) is 15.5. The van der Waals surface area contributed by atoms with Crippen molar-refractivity contribution in [1.82, 2.24) is 14.9 Å². The van der Waals surface area contributed by atoms with Gasteiger partial charge in [0, 0.05) is 37.5 Å². The molecule has 0 spiro atoms. The van der Waals surface area contributed by atoms with Crippen LogP contribution in [0.2, 0.25) is 0 Å². The summed E-state index contributed by atoms with van der Waals surface area (Å²) in [5, 5.41) is 0. The quantitative estimate of drug-likeness (QED) is 0.693. The van der Waals surface area contributed by atoms with E-state index in [2.05, 4.69) is 9.97 Å². The van der Waals surface area contributed by atoms with E-state index in [0.717, 1.165) is 17.7 Å². The van der Waals surface area contributed by atoms with Crippen LogP contribution in [-0.2, 0) is 17.6 Å². The Labute approximate surface area is 147 Å². The zero-order valence-corrected chi connectivity index (χ0v) is 14.5. The van der Waals surface area contributed by atoms with Gasteiger partial charge < -0.3 is 9.32 Å².